The van der Waals surface area contributed by atoms with Crippen molar-refractivity contribution in [3.05, 3.63) is 0 Å². The minimum atomic E-state index is 0. The lowest BCUT2D eigenvalue weighted by Gasteiger charge is -2.36. The molecule has 2 fully saturated rings. The summed E-state index contributed by atoms with van der Waals surface area (Å²) in [5.41, 5.74) is 0. The molecule has 2 atom stereocenters. The lowest BCUT2D eigenvalue weighted by molar-refractivity contribution is 0.107. The monoisotopic (exact) mass is 186 g/mol. The zero-order valence-electron chi connectivity index (χ0n) is 8.88. The van der Waals surface area contributed by atoms with Crippen LogP contribution >= 0.6 is 0 Å². The summed E-state index contributed by atoms with van der Waals surface area (Å²) >= 11 is 0. The molecule has 2 heterocycles. The van der Waals surface area contributed by atoms with E-state index in [2.05, 4.69) is 23.9 Å². The first-order valence-corrected chi connectivity index (χ1v) is 5.18. The zero-order valence-corrected chi connectivity index (χ0v) is 8.88. The Morgan fingerprint density at radius 3 is 1.69 bits per heavy atom. The number of hydrogen-bond donors (Lipinski definition) is 0. The van der Waals surface area contributed by atoms with Gasteiger partial charge in [-0.15, -0.1) is 0 Å². The predicted octanol–water partition coefficient (Wildman–Crippen LogP) is 2.06. The molecule has 2 aliphatic rings. The number of hydrogen-bond acceptors (Lipinski definition) is 2. The second-order valence-electron chi connectivity index (χ2n) is 3.77. The summed E-state index contributed by atoms with van der Waals surface area (Å²) in [4.78, 5) is 5.02. The van der Waals surface area contributed by atoms with Crippen molar-refractivity contribution in [1.82, 2.24) is 9.80 Å². The van der Waals surface area contributed by atoms with Crippen LogP contribution in [-0.4, -0.2) is 49.1 Å². The first kappa shape index (κ1) is 12.9. The molecule has 0 aliphatic carbocycles. The molecular formula is C11H26N2. The van der Waals surface area contributed by atoms with Crippen molar-refractivity contribution in [2.75, 3.05) is 27.2 Å². The van der Waals surface area contributed by atoms with Gasteiger partial charge >= 0.3 is 0 Å². The van der Waals surface area contributed by atoms with Crippen molar-refractivity contribution in [3.8, 4) is 0 Å². The highest BCUT2D eigenvalue weighted by Crippen LogP contribution is 2.27. The highest BCUT2D eigenvalue weighted by molar-refractivity contribution is 4.92. The Balaban J connectivity index is 0.000000451. The molecule has 80 valence electrons. The third-order valence-electron chi connectivity index (χ3n) is 3.03. The molecule has 13 heavy (non-hydrogen) atoms. The standard InChI is InChI=1S/C8H16N2.C2H6.CH4/c1-9-5-7-3-4-8(6-9)10(7)2;1-2;/h7-8H,3-6H2,1-2H3;1-2H3;1H4. The molecule has 2 bridgehead atoms. The molecule has 0 aromatic rings. The largest absolute Gasteiger partial charge is 0.303 e. The van der Waals surface area contributed by atoms with Gasteiger partial charge in [0, 0.05) is 25.2 Å². The molecule has 0 radical (unpaired) electrons. The number of likely N-dealkylation sites (tertiary alicyclic amines) is 1. The van der Waals surface area contributed by atoms with Crippen molar-refractivity contribution in [3.63, 3.8) is 0 Å². The van der Waals surface area contributed by atoms with Gasteiger partial charge in [0.25, 0.3) is 0 Å². The Bertz CT molecular complexity index is 122. The fourth-order valence-corrected chi connectivity index (χ4v) is 2.32. The molecule has 2 saturated heterocycles. The van der Waals surface area contributed by atoms with Crippen LogP contribution in [0, 0.1) is 0 Å². The summed E-state index contributed by atoms with van der Waals surface area (Å²) < 4.78 is 0. The van der Waals surface area contributed by atoms with Gasteiger partial charge in [-0.3, -0.25) is 4.90 Å². The molecule has 0 aromatic carbocycles. The molecule has 2 heteroatoms. The van der Waals surface area contributed by atoms with Crippen LogP contribution in [0.4, 0.5) is 0 Å². The number of fused-ring (bicyclic) bond motifs is 2. The van der Waals surface area contributed by atoms with E-state index in [0.29, 0.717) is 0 Å². The van der Waals surface area contributed by atoms with Crippen LogP contribution in [0.2, 0.25) is 0 Å². The van der Waals surface area contributed by atoms with Crippen LogP contribution < -0.4 is 0 Å². The van der Waals surface area contributed by atoms with Gasteiger partial charge in [-0.25, -0.2) is 0 Å². The highest BCUT2D eigenvalue weighted by atomic mass is 15.3. The Morgan fingerprint density at radius 1 is 0.923 bits per heavy atom. The summed E-state index contributed by atoms with van der Waals surface area (Å²) in [7, 11) is 4.51. The molecular weight excluding hydrogens is 160 g/mol. The minimum Gasteiger partial charge on any atom is -0.303 e. The first-order chi connectivity index (χ1) is 5.77. The molecule has 0 amide bonds. The van der Waals surface area contributed by atoms with E-state index in [9.17, 15) is 0 Å². The second kappa shape index (κ2) is 5.61. The lowest BCUT2D eigenvalue weighted by atomic mass is 10.2. The average Bonchev–Trinajstić information content (AvgIpc) is 2.35. The molecule has 2 unspecified atom stereocenters. The third kappa shape index (κ3) is 2.68. The van der Waals surface area contributed by atoms with Crippen LogP contribution in [0.5, 0.6) is 0 Å². The molecule has 0 N–H and O–H groups in total. The summed E-state index contributed by atoms with van der Waals surface area (Å²) in [6.45, 7) is 6.57. The zero-order chi connectivity index (χ0) is 9.14. The smallest absolute Gasteiger partial charge is 0.0224 e. The van der Waals surface area contributed by atoms with Crippen LogP contribution in [0.15, 0.2) is 0 Å². The lowest BCUT2D eigenvalue weighted by Crippen LogP contribution is -2.50. The topological polar surface area (TPSA) is 6.48 Å². The quantitative estimate of drug-likeness (QED) is 0.571. The molecule has 2 nitrogen and oxygen atoms in total. The average molecular weight is 186 g/mol. The van der Waals surface area contributed by atoms with Crippen molar-refractivity contribution in [2.45, 2.75) is 46.2 Å². The van der Waals surface area contributed by atoms with E-state index < -0.39 is 0 Å². The minimum absolute atomic E-state index is 0. The number of likely N-dealkylation sites (N-methyl/N-ethyl adjacent to an activating group) is 2. The third-order valence-corrected chi connectivity index (χ3v) is 3.03. The van der Waals surface area contributed by atoms with Crippen LogP contribution in [0.1, 0.15) is 34.1 Å². The van der Waals surface area contributed by atoms with Crippen molar-refractivity contribution in [2.24, 2.45) is 0 Å². The van der Waals surface area contributed by atoms with Gasteiger partial charge < -0.3 is 4.90 Å². The van der Waals surface area contributed by atoms with E-state index in [0.717, 1.165) is 12.1 Å². The maximum atomic E-state index is 2.56. The Hall–Kier alpha value is -0.0800. The van der Waals surface area contributed by atoms with Gasteiger partial charge in [-0.05, 0) is 26.9 Å². The Kier molecular flexibility index (Phi) is 5.57. The fraction of sp³-hybridized carbons (Fsp3) is 1.00. The van der Waals surface area contributed by atoms with Crippen LogP contribution in [-0.2, 0) is 0 Å². The van der Waals surface area contributed by atoms with E-state index in [1.165, 1.54) is 25.9 Å². The van der Waals surface area contributed by atoms with E-state index >= 15 is 0 Å². The van der Waals surface area contributed by atoms with Crippen molar-refractivity contribution < 1.29 is 0 Å². The summed E-state index contributed by atoms with van der Waals surface area (Å²) in [6.07, 6.45) is 2.84. The van der Waals surface area contributed by atoms with E-state index in [4.69, 9.17) is 0 Å². The Labute approximate surface area is 83.9 Å². The molecule has 2 rings (SSSR count). The van der Waals surface area contributed by atoms with Gasteiger partial charge in [0.2, 0.25) is 0 Å². The van der Waals surface area contributed by atoms with Crippen LogP contribution in [0.25, 0.3) is 0 Å². The number of rotatable bonds is 0. The SMILES string of the molecule is C.CC.CN1CC2CCC(C1)N2C. The highest BCUT2D eigenvalue weighted by Gasteiger charge is 2.35. The number of nitrogens with zero attached hydrogens (tertiary/aromatic N) is 2. The fourth-order valence-electron chi connectivity index (χ4n) is 2.32. The Morgan fingerprint density at radius 2 is 1.31 bits per heavy atom. The molecule has 2 aliphatic heterocycles. The van der Waals surface area contributed by atoms with Gasteiger partial charge in [0.15, 0.2) is 0 Å². The maximum absolute atomic E-state index is 2.56. The van der Waals surface area contributed by atoms with E-state index in [1.807, 2.05) is 13.8 Å². The summed E-state index contributed by atoms with van der Waals surface area (Å²) in [6, 6.07) is 1.73. The molecule has 0 spiro atoms. The first-order valence-electron chi connectivity index (χ1n) is 5.18. The van der Waals surface area contributed by atoms with Crippen LogP contribution in [0.3, 0.4) is 0 Å². The van der Waals surface area contributed by atoms with Gasteiger partial charge in [-0.2, -0.15) is 0 Å². The summed E-state index contributed by atoms with van der Waals surface area (Å²) in [5.74, 6) is 0. The van der Waals surface area contributed by atoms with E-state index in [1.54, 1.807) is 0 Å². The summed E-state index contributed by atoms with van der Waals surface area (Å²) in [5, 5.41) is 0. The van der Waals surface area contributed by atoms with E-state index in [-0.39, 0.29) is 7.43 Å². The predicted molar refractivity (Wildman–Crippen MR) is 60.1 cm³/mol. The normalized spacial score (nSPS) is 33.2. The van der Waals surface area contributed by atoms with Gasteiger partial charge in [0.05, 0.1) is 0 Å². The second-order valence-corrected chi connectivity index (χ2v) is 3.77. The van der Waals surface area contributed by atoms with Gasteiger partial charge in [-0.1, -0.05) is 21.3 Å². The van der Waals surface area contributed by atoms with Crippen molar-refractivity contribution in [1.29, 1.82) is 0 Å². The maximum Gasteiger partial charge on any atom is 0.0224 e. The molecule has 0 saturated carbocycles. The molecule has 0 aromatic heterocycles. The van der Waals surface area contributed by atoms with Gasteiger partial charge in [0.1, 0.15) is 0 Å². The van der Waals surface area contributed by atoms with Crippen molar-refractivity contribution >= 4 is 0 Å². The number of piperazine rings is 1.